The lowest BCUT2D eigenvalue weighted by atomic mass is 10.1. The minimum Gasteiger partial charge on any atom is -0.490 e. The highest BCUT2D eigenvalue weighted by atomic mass is 35.5. The van der Waals surface area contributed by atoms with Gasteiger partial charge in [0.25, 0.3) is 0 Å². The maximum atomic E-state index is 13.4. The van der Waals surface area contributed by atoms with Crippen molar-refractivity contribution >= 4 is 17.8 Å². The molecular weight excluding hydrogens is 419 g/mol. The minimum absolute atomic E-state index is 0.145. The Morgan fingerprint density at radius 2 is 1.90 bits per heavy atom. The van der Waals surface area contributed by atoms with Gasteiger partial charge in [-0.3, -0.25) is 0 Å². The van der Waals surface area contributed by atoms with E-state index in [4.69, 9.17) is 31.2 Å². The topological polar surface area (TPSA) is 63.8 Å². The van der Waals surface area contributed by atoms with Crippen LogP contribution in [0, 0.1) is 17.1 Å². The van der Waals surface area contributed by atoms with Crippen LogP contribution in [0.1, 0.15) is 29.2 Å². The van der Waals surface area contributed by atoms with E-state index in [0.717, 1.165) is 5.56 Å². The van der Waals surface area contributed by atoms with Crippen molar-refractivity contribution < 1.29 is 18.7 Å². The summed E-state index contributed by atoms with van der Waals surface area (Å²) in [6.07, 6.45) is 1.50. The minimum atomic E-state index is -0.332. The van der Waals surface area contributed by atoms with Gasteiger partial charge in [-0.25, -0.2) is 4.39 Å². The molecule has 0 aromatic heterocycles. The average Bonchev–Trinajstić information content (AvgIpc) is 2.76. The highest BCUT2D eigenvalue weighted by molar-refractivity contribution is 6.32. The number of rotatable bonds is 9. The van der Waals surface area contributed by atoms with E-state index in [1.54, 1.807) is 36.4 Å². The van der Waals surface area contributed by atoms with Gasteiger partial charge in [0.15, 0.2) is 11.5 Å². The quantitative estimate of drug-likeness (QED) is 0.309. The second-order valence-electron chi connectivity index (χ2n) is 6.46. The van der Waals surface area contributed by atoms with E-state index in [2.05, 4.69) is 11.2 Å². The third-order valence-electron chi connectivity index (χ3n) is 4.24. The lowest BCUT2D eigenvalue weighted by Gasteiger charge is -2.14. The molecular formula is C24H20ClFN2O3. The molecule has 0 aliphatic heterocycles. The standard InChI is InChI=1S/C24H20ClFN2O3/c1-2-29-23-12-18(14-28-31-16-20-8-4-3-7-19(20)13-27)11-22(25)24(23)30-15-17-6-5-9-21(26)10-17/h3-12,14H,2,15-16H2,1H3/b28-14-. The molecule has 0 saturated carbocycles. The number of oxime groups is 1. The molecule has 5 nitrogen and oxygen atoms in total. The molecule has 0 spiro atoms. The fourth-order valence-corrected chi connectivity index (χ4v) is 3.08. The van der Waals surface area contributed by atoms with Crippen LogP contribution in [0.3, 0.4) is 0 Å². The van der Waals surface area contributed by atoms with Crippen LogP contribution < -0.4 is 9.47 Å². The van der Waals surface area contributed by atoms with Crippen LogP contribution in [0.4, 0.5) is 4.39 Å². The number of nitrogens with zero attached hydrogens (tertiary/aromatic N) is 2. The van der Waals surface area contributed by atoms with E-state index in [9.17, 15) is 4.39 Å². The second kappa shape index (κ2) is 11.0. The molecule has 0 aliphatic rings. The van der Waals surface area contributed by atoms with E-state index in [0.29, 0.717) is 39.8 Å². The summed E-state index contributed by atoms with van der Waals surface area (Å²) in [5.41, 5.74) is 2.62. The first kappa shape index (κ1) is 22.1. The summed E-state index contributed by atoms with van der Waals surface area (Å²) >= 11 is 6.40. The molecule has 3 aromatic carbocycles. The Balaban J connectivity index is 1.70. The highest BCUT2D eigenvalue weighted by Gasteiger charge is 2.13. The van der Waals surface area contributed by atoms with Gasteiger partial charge in [0, 0.05) is 11.1 Å². The molecule has 0 fully saturated rings. The van der Waals surface area contributed by atoms with Crippen LogP contribution in [-0.2, 0) is 18.1 Å². The molecule has 158 valence electrons. The fraction of sp³-hybridized carbons (Fsp3) is 0.167. The van der Waals surface area contributed by atoms with Crippen LogP contribution in [0.5, 0.6) is 11.5 Å². The predicted octanol–water partition coefficient (Wildman–Crippen LogP) is 5.88. The first-order valence-electron chi connectivity index (χ1n) is 9.57. The normalized spacial score (nSPS) is 10.6. The Morgan fingerprint density at radius 3 is 2.68 bits per heavy atom. The monoisotopic (exact) mass is 438 g/mol. The molecule has 0 saturated heterocycles. The van der Waals surface area contributed by atoms with Crippen molar-refractivity contribution in [2.75, 3.05) is 6.61 Å². The van der Waals surface area contributed by atoms with Gasteiger partial charge in [-0.05, 0) is 42.8 Å². The summed E-state index contributed by atoms with van der Waals surface area (Å²) in [6.45, 7) is 2.57. The zero-order valence-corrected chi connectivity index (χ0v) is 17.6. The largest absolute Gasteiger partial charge is 0.490 e. The molecule has 7 heteroatoms. The van der Waals surface area contributed by atoms with E-state index >= 15 is 0 Å². The van der Waals surface area contributed by atoms with Gasteiger partial charge < -0.3 is 14.3 Å². The summed E-state index contributed by atoms with van der Waals surface area (Å²) in [7, 11) is 0. The molecule has 0 heterocycles. The zero-order valence-electron chi connectivity index (χ0n) is 16.8. The Morgan fingerprint density at radius 1 is 1.06 bits per heavy atom. The third-order valence-corrected chi connectivity index (χ3v) is 4.52. The Kier molecular flexibility index (Phi) is 7.85. The Labute approximate surface area is 185 Å². The molecule has 0 bridgehead atoms. The van der Waals surface area contributed by atoms with Gasteiger partial charge in [0.05, 0.1) is 29.5 Å². The van der Waals surface area contributed by atoms with Crippen molar-refractivity contribution in [2.45, 2.75) is 20.1 Å². The maximum absolute atomic E-state index is 13.4. The van der Waals surface area contributed by atoms with Gasteiger partial charge in [-0.2, -0.15) is 5.26 Å². The highest BCUT2D eigenvalue weighted by Crippen LogP contribution is 2.37. The average molecular weight is 439 g/mol. The van der Waals surface area contributed by atoms with Crippen LogP contribution >= 0.6 is 11.6 Å². The van der Waals surface area contributed by atoms with E-state index < -0.39 is 0 Å². The van der Waals surface area contributed by atoms with Crippen molar-refractivity contribution in [1.29, 1.82) is 5.26 Å². The van der Waals surface area contributed by atoms with Crippen molar-refractivity contribution in [2.24, 2.45) is 5.16 Å². The molecule has 3 aromatic rings. The number of hydrogen-bond acceptors (Lipinski definition) is 5. The summed E-state index contributed by atoms with van der Waals surface area (Å²) in [5.74, 6) is 0.484. The predicted molar refractivity (Wildman–Crippen MR) is 117 cm³/mol. The molecule has 3 rings (SSSR count). The lowest BCUT2D eigenvalue weighted by Crippen LogP contribution is -2.02. The van der Waals surface area contributed by atoms with Crippen LogP contribution in [0.15, 0.2) is 65.8 Å². The summed E-state index contributed by atoms with van der Waals surface area (Å²) in [5, 5.41) is 13.4. The summed E-state index contributed by atoms with van der Waals surface area (Å²) < 4.78 is 24.8. The number of hydrogen-bond donors (Lipinski definition) is 0. The SMILES string of the molecule is CCOc1cc(/C=N\OCc2ccccc2C#N)cc(Cl)c1OCc1cccc(F)c1. The van der Waals surface area contributed by atoms with Crippen molar-refractivity contribution in [3.8, 4) is 17.6 Å². The summed E-state index contributed by atoms with van der Waals surface area (Å²) in [6, 6.07) is 18.8. The molecule has 0 unspecified atom stereocenters. The van der Waals surface area contributed by atoms with Crippen molar-refractivity contribution in [3.05, 3.63) is 93.8 Å². The zero-order chi connectivity index (χ0) is 22.1. The van der Waals surface area contributed by atoms with Gasteiger partial charge in [-0.15, -0.1) is 0 Å². The van der Waals surface area contributed by atoms with Gasteiger partial charge in [0.2, 0.25) is 0 Å². The Bertz CT molecular complexity index is 1110. The number of nitriles is 1. The van der Waals surface area contributed by atoms with Crippen molar-refractivity contribution in [1.82, 2.24) is 0 Å². The lowest BCUT2D eigenvalue weighted by molar-refractivity contribution is 0.132. The molecule has 0 N–H and O–H groups in total. The number of benzene rings is 3. The Hall–Kier alpha value is -3.56. The van der Waals surface area contributed by atoms with Crippen LogP contribution in [-0.4, -0.2) is 12.8 Å². The van der Waals surface area contributed by atoms with Gasteiger partial charge in [0.1, 0.15) is 19.0 Å². The number of ether oxygens (including phenoxy) is 2. The maximum Gasteiger partial charge on any atom is 0.180 e. The first-order chi connectivity index (χ1) is 15.1. The molecule has 0 atom stereocenters. The molecule has 31 heavy (non-hydrogen) atoms. The molecule has 0 amide bonds. The summed E-state index contributed by atoms with van der Waals surface area (Å²) in [4.78, 5) is 5.32. The fourth-order valence-electron chi connectivity index (χ4n) is 2.81. The van der Waals surface area contributed by atoms with E-state index in [-0.39, 0.29) is 19.0 Å². The molecule has 0 aliphatic carbocycles. The number of halogens is 2. The second-order valence-corrected chi connectivity index (χ2v) is 6.87. The van der Waals surface area contributed by atoms with Gasteiger partial charge in [-0.1, -0.05) is 47.1 Å². The van der Waals surface area contributed by atoms with E-state index in [1.807, 2.05) is 19.1 Å². The van der Waals surface area contributed by atoms with Crippen LogP contribution in [0.25, 0.3) is 0 Å². The third kappa shape index (κ3) is 6.21. The van der Waals surface area contributed by atoms with E-state index in [1.165, 1.54) is 18.3 Å². The smallest absolute Gasteiger partial charge is 0.180 e. The van der Waals surface area contributed by atoms with Crippen molar-refractivity contribution in [3.63, 3.8) is 0 Å². The first-order valence-corrected chi connectivity index (χ1v) is 9.95. The van der Waals surface area contributed by atoms with Gasteiger partial charge >= 0.3 is 0 Å². The van der Waals surface area contributed by atoms with Crippen LogP contribution in [0.2, 0.25) is 5.02 Å². The molecule has 0 radical (unpaired) electrons.